The summed E-state index contributed by atoms with van der Waals surface area (Å²) in [6.07, 6.45) is 3.16. The molecule has 1 aliphatic heterocycles. The first-order valence-corrected chi connectivity index (χ1v) is 12.1. The summed E-state index contributed by atoms with van der Waals surface area (Å²) in [6, 6.07) is 7.81. The number of carbonyl (C=O) groups excluding carboxylic acids is 1. The Morgan fingerprint density at radius 2 is 2.17 bits per heavy atom. The number of carbonyl (C=O) groups is 1. The Labute approximate surface area is 180 Å². The van der Waals surface area contributed by atoms with E-state index in [0.29, 0.717) is 40.2 Å². The van der Waals surface area contributed by atoms with E-state index in [1.54, 1.807) is 40.0 Å². The lowest BCUT2D eigenvalue weighted by Crippen LogP contribution is -2.45. The Morgan fingerprint density at radius 1 is 1.34 bits per heavy atom. The lowest BCUT2D eigenvalue weighted by molar-refractivity contribution is 0.234. The van der Waals surface area contributed by atoms with E-state index in [2.05, 4.69) is 10.6 Å². The SMILES string of the molecule is COc1ccc(Cl)cc1NC(=O)NCCC1CCCCN1S(=O)(=O)c1cccs1. The third-order valence-electron chi connectivity index (χ3n) is 4.80. The number of rotatable bonds is 7. The summed E-state index contributed by atoms with van der Waals surface area (Å²) in [6.45, 7) is 0.868. The van der Waals surface area contributed by atoms with E-state index in [1.807, 2.05) is 0 Å². The molecule has 1 aromatic carbocycles. The molecule has 158 valence electrons. The minimum atomic E-state index is -3.49. The molecule has 0 spiro atoms. The van der Waals surface area contributed by atoms with E-state index in [4.69, 9.17) is 16.3 Å². The standard InChI is InChI=1S/C19H24ClN3O4S2/c1-27-17-8-7-14(20)13-16(17)22-19(24)21-10-9-15-5-2-3-11-23(15)29(25,26)18-6-4-12-28-18/h4,6-8,12-13,15H,2-3,5,9-11H2,1H3,(H2,21,22,24). The second-order valence-corrected chi connectivity index (χ2v) is 10.2. The Morgan fingerprint density at radius 3 is 2.90 bits per heavy atom. The van der Waals surface area contributed by atoms with Gasteiger partial charge in [-0.15, -0.1) is 11.3 Å². The Kier molecular flexibility index (Phi) is 7.39. The smallest absolute Gasteiger partial charge is 0.319 e. The molecule has 1 fully saturated rings. The monoisotopic (exact) mass is 457 g/mol. The maximum atomic E-state index is 12.9. The highest BCUT2D eigenvalue weighted by Gasteiger charge is 2.33. The van der Waals surface area contributed by atoms with Gasteiger partial charge < -0.3 is 15.4 Å². The molecule has 1 aliphatic rings. The molecule has 2 amide bonds. The van der Waals surface area contributed by atoms with Crippen molar-refractivity contribution in [3.8, 4) is 5.75 Å². The number of amides is 2. The van der Waals surface area contributed by atoms with Gasteiger partial charge in [-0.1, -0.05) is 24.1 Å². The summed E-state index contributed by atoms with van der Waals surface area (Å²) in [5.74, 6) is 0.505. The van der Waals surface area contributed by atoms with Crippen LogP contribution < -0.4 is 15.4 Å². The van der Waals surface area contributed by atoms with Crippen LogP contribution in [-0.2, 0) is 10.0 Å². The maximum absolute atomic E-state index is 12.9. The molecule has 1 unspecified atom stereocenters. The van der Waals surface area contributed by atoms with Gasteiger partial charge >= 0.3 is 6.03 Å². The molecule has 0 aliphatic carbocycles. The molecule has 0 bridgehead atoms. The zero-order valence-electron chi connectivity index (χ0n) is 16.1. The zero-order valence-corrected chi connectivity index (χ0v) is 18.4. The fourth-order valence-electron chi connectivity index (χ4n) is 3.40. The van der Waals surface area contributed by atoms with Gasteiger partial charge in [0.1, 0.15) is 9.96 Å². The van der Waals surface area contributed by atoms with Crippen LogP contribution in [0.5, 0.6) is 5.75 Å². The number of halogens is 1. The van der Waals surface area contributed by atoms with Gasteiger partial charge in [-0.3, -0.25) is 0 Å². The highest BCUT2D eigenvalue weighted by atomic mass is 35.5. The van der Waals surface area contributed by atoms with Gasteiger partial charge in [0, 0.05) is 24.2 Å². The van der Waals surface area contributed by atoms with Gasteiger partial charge in [-0.25, -0.2) is 13.2 Å². The average molecular weight is 458 g/mol. The van der Waals surface area contributed by atoms with E-state index in [-0.39, 0.29) is 6.04 Å². The van der Waals surface area contributed by atoms with Crippen molar-refractivity contribution in [3.63, 3.8) is 0 Å². The molecule has 2 aromatic rings. The largest absolute Gasteiger partial charge is 0.495 e. The lowest BCUT2D eigenvalue weighted by Gasteiger charge is -2.34. The van der Waals surface area contributed by atoms with Crippen LogP contribution in [0.15, 0.2) is 39.9 Å². The van der Waals surface area contributed by atoms with Crippen LogP contribution in [0, 0.1) is 0 Å². The molecule has 0 saturated carbocycles. The number of hydrogen-bond acceptors (Lipinski definition) is 5. The van der Waals surface area contributed by atoms with Crippen LogP contribution in [0.25, 0.3) is 0 Å². The minimum Gasteiger partial charge on any atom is -0.495 e. The average Bonchev–Trinajstić information content (AvgIpc) is 3.24. The van der Waals surface area contributed by atoms with Crippen LogP contribution in [0.2, 0.25) is 5.02 Å². The highest BCUT2D eigenvalue weighted by molar-refractivity contribution is 7.91. The molecule has 1 atom stereocenters. The molecule has 29 heavy (non-hydrogen) atoms. The zero-order chi connectivity index (χ0) is 20.9. The minimum absolute atomic E-state index is 0.128. The van der Waals surface area contributed by atoms with Crippen LogP contribution >= 0.6 is 22.9 Å². The number of ether oxygens (including phenoxy) is 1. The number of nitrogens with zero attached hydrogens (tertiary/aromatic N) is 1. The number of urea groups is 1. The number of piperidine rings is 1. The van der Waals surface area contributed by atoms with Crippen molar-refractivity contribution in [2.45, 2.75) is 35.9 Å². The van der Waals surface area contributed by atoms with Gasteiger partial charge in [-0.2, -0.15) is 4.31 Å². The van der Waals surface area contributed by atoms with Crippen LogP contribution in [0.4, 0.5) is 10.5 Å². The normalized spacial score (nSPS) is 17.7. The summed E-state index contributed by atoms with van der Waals surface area (Å²) in [5.41, 5.74) is 0.470. The molecule has 1 saturated heterocycles. The fraction of sp³-hybridized carbons (Fsp3) is 0.421. The van der Waals surface area contributed by atoms with Crippen molar-refractivity contribution in [2.75, 3.05) is 25.5 Å². The lowest BCUT2D eigenvalue weighted by atomic mass is 10.0. The summed E-state index contributed by atoms with van der Waals surface area (Å²) in [5, 5.41) is 7.75. The van der Waals surface area contributed by atoms with Crippen molar-refractivity contribution in [3.05, 3.63) is 40.7 Å². The van der Waals surface area contributed by atoms with Gasteiger partial charge in [0.2, 0.25) is 0 Å². The summed E-state index contributed by atoms with van der Waals surface area (Å²) >= 11 is 7.20. The first kappa shape index (κ1) is 21.9. The second kappa shape index (κ2) is 9.80. The van der Waals surface area contributed by atoms with Crippen LogP contribution in [-0.4, -0.2) is 45.0 Å². The predicted octanol–water partition coefficient (Wildman–Crippen LogP) is 4.17. The topological polar surface area (TPSA) is 87.7 Å². The molecule has 1 aromatic heterocycles. The Hall–Kier alpha value is -1.81. The van der Waals surface area contributed by atoms with Gasteiger partial charge in [-0.05, 0) is 48.9 Å². The molecule has 2 N–H and O–H groups in total. The summed E-state index contributed by atoms with van der Waals surface area (Å²) in [4.78, 5) is 12.2. The van der Waals surface area contributed by atoms with Crippen molar-refractivity contribution in [1.29, 1.82) is 0 Å². The highest BCUT2D eigenvalue weighted by Crippen LogP contribution is 2.29. The van der Waals surface area contributed by atoms with Crippen molar-refractivity contribution in [1.82, 2.24) is 9.62 Å². The second-order valence-electron chi connectivity index (χ2n) is 6.71. The number of hydrogen-bond donors (Lipinski definition) is 2. The number of sulfonamides is 1. The van der Waals surface area contributed by atoms with E-state index in [0.717, 1.165) is 19.3 Å². The maximum Gasteiger partial charge on any atom is 0.319 e. The van der Waals surface area contributed by atoms with Crippen molar-refractivity contribution >= 4 is 44.7 Å². The van der Waals surface area contributed by atoms with Crippen LogP contribution in [0.1, 0.15) is 25.7 Å². The van der Waals surface area contributed by atoms with Crippen molar-refractivity contribution < 1.29 is 17.9 Å². The van der Waals surface area contributed by atoms with Crippen LogP contribution in [0.3, 0.4) is 0 Å². The molecule has 2 heterocycles. The summed E-state index contributed by atoms with van der Waals surface area (Å²) in [7, 11) is -1.98. The quantitative estimate of drug-likeness (QED) is 0.653. The van der Waals surface area contributed by atoms with Gasteiger partial charge in [0.05, 0.1) is 12.8 Å². The van der Waals surface area contributed by atoms with E-state index in [1.165, 1.54) is 18.4 Å². The first-order chi connectivity index (χ1) is 13.9. The number of anilines is 1. The molecular formula is C19H24ClN3O4S2. The third kappa shape index (κ3) is 5.42. The third-order valence-corrected chi connectivity index (χ3v) is 8.36. The summed E-state index contributed by atoms with van der Waals surface area (Å²) < 4.78 is 33.0. The number of methoxy groups -OCH3 is 1. The number of nitrogens with one attached hydrogen (secondary N) is 2. The van der Waals surface area contributed by atoms with Gasteiger partial charge in [0.25, 0.3) is 10.0 Å². The first-order valence-electron chi connectivity index (χ1n) is 9.35. The fourth-order valence-corrected chi connectivity index (χ4v) is 6.42. The van der Waals surface area contributed by atoms with Gasteiger partial charge in [0.15, 0.2) is 0 Å². The van der Waals surface area contributed by atoms with E-state index >= 15 is 0 Å². The molecule has 0 radical (unpaired) electrons. The van der Waals surface area contributed by atoms with E-state index < -0.39 is 16.1 Å². The molecule has 3 rings (SSSR count). The molecular weight excluding hydrogens is 434 g/mol. The predicted molar refractivity (Wildman–Crippen MR) is 115 cm³/mol. The molecule has 7 nitrogen and oxygen atoms in total. The number of thiophene rings is 1. The molecule has 10 heteroatoms. The Bertz CT molecular complexity index is 935. The Balaban J connectivity index is 1.57. The number of benzene rings is 1. The van der Waals surface area contributed by atoms with E-state index in [9.17, 15) is 13.2 Å². The van der Waals surface area contributed by atoms with Crippen molar-refractivity contribution in [2.24, 2.45) is 0 Å².